The fraction of sp³-hybridized carbons (Fsp3) is 0.944. The molecule has 3 aliphatic rings. The maximum Gasteiger partial charge on any atom is 0.156 e. The Balaban J connectivity index is 1.38. The highest BCUT2D eigenvalue weighted by atomic mass is 32.2. The summed E-state index contributed by atoms with van der Waals surface area (Å²) in [5.74, 6) is 3.22. The van der Waals surface area contributed by atoms with Gasteiger partial charge in [0.05, 0.1) is 0 Å². The number of nitrogens with zero attached hydrogens (tertiary/aromatic N) is 1. The molecular formula is C18H32N2S. The molecule has 21 heavy (non-hydrogen) atoms. The predicted octanol–water partition coefficient (Wildman–Crippen LogP) is 4.85. The van der Waals surface area contributed by atoms with Crippen LogP contribution in [0.15, 0.2) is 4.99 Å². The Hall–Kier alpha value is -0.180. The molecule has 0 amide bonds. The summed E-state index contributed by atoms with van der Waals surface area (Å²) in [6.45, 7) is 4.64. The molecule has 0 bridgehead atoms. The third-order valence-corrected chi connectivity index (χ3v) is 7.16. The molecule has 2 fully saturated rings. The molecule has 0 aromatic heterocycles. The maximum absolute atomic E-state index is 4.87. The molecule has 2 saturated carbocycles. The van der Waals surface area contributed by atoms with Crippen molar-refractivity contribution in [2.75, 3.05) is 18.8 Å². The van der Waals surface area contributed by atoms with Crippen molar-refractivity contribution in [1.29, 1.82) is 0 Å². The monoisotopic (exact) mass is 308 g/mol. The van der Waals surface area contributed by atoms with E-state index in [0.717, 1.165) is 24.9 Å². The summed E-state index contributed by atoms with van der Waals surface area (Å²) < 4.78 is 0. The van der Waals surface area contributed by atoms with Crippen LogP contribution in [0.25, 0.3) is 0 Å². The topological polar surface area (TPSA) is 24.4 Å². The van der Waals surface area contributed by atoms with Crippen LogP contribution in [0.1, 0.15) is 71.1 Å². The summed E-state index contributed by atoms with van der Waals surface area (Å²) in [7, 11) is 0. The van der Waals surface area contributed by atoms with Crippen molar-refractivity contribution in [3.8, 4) is 0 Å². The first-order valence-electron chi connectivity index (χ1n) is 9.17. The van der Waals surface area contributed by atoms with Crippen LogP contribution in [0.5, 0.6) is 0 Å². The van der Waals surface area contributed by atoms with Gasteiger partial charge in [0.15, 0.2) is 5.17 Å². The molecule has 0 aromatic rings. The summed E-state index contributed by atoms with van der Waals surface area (Å²) in [4.78, 5) is 4.87. The van der Waals surface area contributed by atoms with E-state index in [1.54, 1.807) is 0 Å². The summed E-state index contributed by atoms with van der Waals surface area (Å²) in [5, 5.41) is 4.85. The largest absolute Gasteiger partial charge is 0.365 e. The van der Waals surface area contributed by atoms with Crippen LogP contribution in [0.3, 0.4) is 0 Å². The first-order chi connectivity index (χ1) is 10.3. The molecule has 1 heterocycles. The number of aliphatic imine (C=N–C) groups is 1. The Labute approximate surface area is 134 Å². The number of amidine groups is 1. The van der Waals surface area contributed by atoms with Crippen LogP contribution in [-0.4, -0.2) is 24.0 Å². The SMILES string of the molecule is CC1CCCC(CCNC2=NCC3(CCCCC3)CS2)C1. The minimum Gasteiger partial charge on any atom is -0.365 e. The molecule has 2 atom stereocenters. The highest BCUT2D eigenvalue weighted by Crippen LogP contribution is 2.41. The lowest BCUT2D eigenvalue weighted by atomic mass is 9.75. The summed E-state index contributed by atoms with van der Waals surface area (Å²) >= 11 is 1.99. The summed E-state index contributed by atoms with van der Waals surface area (Å²) in [5.41, 5.74) is 0.562. The number of nitrogens with one attached hydrogen (secondary N) is 1. The second-order valence-electron chi connectivity index (χ2n) is 7.82. The Morgan fingerprint density at radius 1 is 1.19 bits per heavy atom. The van der Waals surface area contributed by atoms with E-state index in [-0.39, 0.29) is 0 Å². The van der Waals surface area contributed by atoms with Crippen molar-refractivity contribution in [3.05, 3.63) is 0 Å². The lowest BCUT2D eigenvalue weighted by Crippen LogP contribution is -2.37. The van der Waals surface area contributed by atoms with Gasteiger partial charge in [0, 0.05) is 18.8 Å². The molecule has 0 saturated heterocycles. The zero-order valence-corrected chi connectivity index (χ0v) is 14.5. The second kappa shape index (κ2) is 7.39. The third kappa shape index (κ3) is 4.40. The number of hydrogen-bond donors (Lipinski definition) is 1. The van der Waals surface area contributed by atoms with Crippen molar-refractivity contribution >= 4 is 16.9 Å². The number of thioether (sulfide) groups is 1. The average Bonchev–Trinajstić information content (AvgIpc) is 2.51. The Kier molecular flexibility index (Phi) is 5.53. The normalized spacial score (nSPS) is 32.7. The van der Waals surface area contributed by atoms with Crippen LogP contribution in [0.4, 0.5) is 0 Å². The molecule has 2 unspecified atom stereocenters. The van der Waals surface area contributed by atoms with Crippen molar-refractivity contribution < 1.29 is 0 Å². The van der Waals surface area contributed by atoms with Crippen molar-refractivity contribution in [3.63, 3.8) is 0 Å². The van der Waals surface area contributed by atoms with Gasteiger partial charge < -0.3 is 5.32 Å². The Morgan fingerprint density at radius 3 is 2.76 bits per heavy atom. The number of hydrogen-bond acceptors (Lipinski definition) is 3. The van der Waals surface area contributed by atoms with Gasteiger partial charge in [-0.3, -0.25) is 4.99 Å². The van der Waals surface area contributed by atoms with Crippen LogP contribution < -0.4 is 5.32 Å². The van der Waals surface area contributed by atoms with E-state index in [0.29, 0.717) is 5.41 Å². The lowest BCUT2D eigenvalue weighted by Gasteiger charge is -2.38. The first kappa shape index (κ1) is 15.7. The molecular weight excluding hydrogens is 276 g/mol. The van der Waals surface area contributed by atoms with Gasteiger partial charge in [0.1, 0.15) is 0 Å². The molecule has 2 aliphatic carbocycles. The highest BCUT2D eigenvalue weighted by Gasteiger charge is 2.34. The summed E-state index contributed by atoms with van der Waals surface area (Å²) in [6.07, 6.45) is 14.3. The van der Waals surface area contributed by atoms with Gasteiger partial charge in [0.2, 0.25) is 0 Å². The molecule has 0 radical (unpaired) electrons. The van der Waals surface area contributed by atoms with Gasteiger partial charge in [-0.15, -0.1) is 0 Å². The van der Waals surface area contributed by atoms with Gasteiger partial charge >= 0.3 is 0 Å². The zero-order chi connectivity index (χ0) is 14.5. The van der Waals surface area contributed by atoms with Gasteiger partial charge in [-0.25, -0.2) is 0 Å². The molecule has 1 spiro atoms. The fourth-order valence-electron chi connectivity index (χ4n) is 4.47. The molecule has 2 nitrogen and oxygen atoms in total. The molecule has 120 valence electrons. The molecule has 3 rings (SSSR count). The van der Waals surface area contributed by atoms with E-state index in [1.807, 2.05) is 11.8 Å². The van der Waals surface area contributed by atoms with E-state index in [9.17, 15) is 0 Å². The van der Waals surface area contributed by atoms with Gasteiger partial charge in [0.25, 0.3) is 0 Å². The minimum atomic E-state index is 0.562. The fourth-order valence-corrected chi connectivity index (χ4v) is 5.65. The smallest absolute Gasteiger partial charge is 0.156 e. The predicted molar refractivity (Wildman–Crippen MR) is 94.0 cm³/mol. The standard InChI is InChI=1S/C18H32N2S/c1-15-6-5-7-16(12-15)8-11-19-17-20-13-18(14-21-17)9-3-2-4-10-18/h15-16H,2-14H2,1H3,(H,19,20). The summed E-state index contributed by atoms with van der Waals surface area (Å²) in [6, 6.07) is 0. The van der Waals surface area contributed by atoms with Gasteiger partial charge in [-0.1, -0.05) is 57.2 Å². The van der Waals surface area contributed by atoms with Crippen LogP contribution >= 0.6 is 11.8 Å². The lowest BCUT2D eigenvalue weighted by molar-refractivity contribution is 0.232. The molecule has 1 aliphatic heterocycles. The zero-order valence-electron chi connectivity index (χ0n) is 13.7. The second-order valence-corrected chi connectivity index (χ2v) is 8.79. The van der Waals surface area contributed by atoms with E-state index in [2.05, 4.69) is 12.2 Å². The Morgan fingerprint density at radius 2 is 2.05 bits per heavy atom. The molecule has 0 aromatic carbocycles. The van der Waals surface area contributed by atoms with Gasteiger partial charge in [-0.2, -0.15) is 0 Å². The van der Waals surface area contributed by atoms with E-state index in [1.165, 1.54) is 75.1 Å². The highest BCUT2D eigenvalue weighted by molar-refractivity contribution is 8.13. The maximum atomic E-state index is 4.87. The first-order valence-corrected chi connectivity index (χ1v) is 10.2. The third-order valence-electron chi connectivity index (χ3n) is 5.86. The Bertz CT molecular complexity index is 360. The number of rotatable bonds is 3. The van der Waals surface area contributed by atoms with Crippen LogP contribution in [-0.2, 0) is 0 Å². The average molecular weight is 309 g/mol. The van der Waals surface area contributed by atoms with E-state index in [4.69, 9.17) is 4.99 Å². The van der Waals surface area contributed by atoms with Gasteiger partial charge in [-0.05, 0) is 42.9 Å². The van der Waals surface area contributed by atoms with E-state index >= 15 is 0 Å². The molecule has 3 heteroatoms. The van der Waals surface area contributed by atoms with Crippen LogP contribution in [0.2, 0.25) is 0 Å². The quantitative estimate of drug-likeness (QED) is 0.806. The van der Waals surface area contributed by atoms with E-state index < -0.39 is 0 Å². The molecule has 1 N–H and O–H groups in total. The van der Waals surface area contributed by atoms with Crippen LogP contribution in [0, 0.1) is 17.3 Å². The van der Waals surface area contributed by atoms with Crippen molar-refractivity contribution in [2.24, 2.45) is 22.2 Å². The minimum absolute atomic E-state index is 0.562. The van der Waals surface area contributed by atoms with Crippen molar-refractivity contribution in [2.45, 2.75) is 71.1 Å². The van der Waals surface area contributed by atoms with Crippen molar-refractivity contribution in [1.82, 2.24) is 5.32 Å².